The summed E-state index contributed by atoms with van der Waals surface area (Å²) in [4.78, 5) is 4.97. The van der Waals surface area contributed by atoms with Crippen LogP contribution in [0.5, 0.6) is 0 Å². The fourth-order valence-electron chi connectivity index (χ4n) is 2.95. The first-order chi connectivity index (χ1) is 8.99. The summed E-state index contributed by atoms with van der Waals surface area (Å²) in [5, 5.41) is 0. The van der Waals surface area contributed by atoms with Crippen molar-refractivity contribution in [3.05, 3.63) is 30.1 Å². The molecule has 1 aliphatic heterocycles. The van der Waals surface area contributed by atoms with Gasteiger partial charge in [-0.15, -0.1) is 0 Å². The topological polar surface area (TPSA) is 6.48 Å². The molecule has 2 rings (SSSR count). The highest BCUT2D eigenvalue weighted by atomic mass is 19.1. The van der Waals surface area contributed by atoms with E-state index >= 15 is 0 Å². The van der Waals surface area contributed by atoms with Crippen molar-refractivity contribution in [1.82, 2.24) is 4.90 Å². The maximum absolute atomic E-state index is 13.0. The lowest BCUT2D eigenvalue weighted by molar-refractivity contribution is 0.104. The number of benzene rings is 1. The first kappa shape index (κ1) is 14.3. The molecule has 0 aromatic heterocycles. The van der Waals surface area contributed by atoms with Crippen molar-refractivity contribution in [3.8, 4) is 0 Å². The highest BCUT2D eigenvalue weighted by molar-refractivity contribution is 5.47. The van der Waals surface area contributed by atoms with Gasteiger partial charge in [-0.1, -0.05) is 13.8 Å². The predicted octanol–water partition coefficient (Wildman–Crippen LogP) is 3.38. The number of hydrogen-bond donors (Lipinski definition) is 0. The third-order valence-corrected chi connectivity index (χ3v) is 4.09. The van der Waals surface area contributed by atoms with Gasteiger partial charge in [0.05, 0.1) is 0 Å². The maximum Gasteiger partial charge on any atom is 0.123 e. The van der Waals surface area contributed by atoms with Crippen molar-refractivity contribution in [2.24, 2.45) is 5.92 Å². The molecule has 19 heavy (non-hydrogen) atoms. The summed E-state index contributed by atoms with van der Waals surface area (Å²) in [6.45, 7) is 12.2. The van der Waals surface area contributed by atoms with Crippen LogP contribution in [0.3, 0.4) is 0 Å². The van der Waals surface area contributed by atoms with Crippen LogP contribution in [0.4, 0.5) is 10.1 Å². The lowest BCUT2D eigenvalue weighted by Gasteiger charge is -2.46. The van der Waals surface area contributed by atoms with Crippen molar-refractivity contribution in [2.75, 3.05) is 24.5 Å². The Kier molecular flexibility index (Phi) is 4.46. The van der Waals surface area contributed by atoms with Crippen LogP contribution >= 0.6 is 0 Å². The summed E-state index contributed by atoms with van der Waals surface area (Å²) < 4.78 is 13.0. The number of nitrogens with zero attached hydrogens (tertiary/aromatic N) is 2. The van der Waals surface area contributed by atoms with Crippen LogP contribution in [0, 0.1) is 11.7 Å². The number of piperazine rings is 1. The van der Waals surface area contributed by atoms with E-state index in [1.54, 1.807) is 12.1 Å². The molecular formula is C16H25FN2. The minimum absolute atomic E-state index is 0.162. The Morgan fingerprint density at radius 2 is 1.68 bits per heavy atom. The van der Waals surface area contributed by atoms with E-state index < -0.39 is 0 Å². The molecule has 106 valence electrons. The van der Waals surface area contributed by atoms with Gasteiger partial charge in [0.2, 0.25) is 0 Å². The van der Waals surface area contributed by atoms with Gasteiger partial charge in [-0.25, -0.2) is 4.39 Å². The molecule has 0 radical (unpaired) electrons. The number of halogens is 1. The zero-order valence-corrected chi connectivity index (χ0v) is 12.4. The van der Waals surface area contributed by atoms with E-state index in [0.717, 1.165) is 25.3 Å². The summed E-state index contributed by atoms with van der Waals surface area (Å²) in [6, 6.07) is 8.03. The Morgan fingerprint density at radius 1 is 1.05 bits per heavy atom. The van der Waals surface area contributed by atoms with Gasteiger partial charge in [-0.05, 0) is 44.0 Å². The first-order valence-corrected chi connectivity index (χ1v) is 7.25. The summed E-state index contributed by atoms with van der Waals surface area (Å²) >= 11 is 0. The van der Waals surface area contributed by atoms with Crippen LogP contribution in [-0.2, 0) is 0 Å². The normalized spacial score (nSPS) is 21.4. The summed E-state index contributed by atoms with van der Waals surface area (Å²) in [5.74, 6) is 0.468. The van der Waals surface area contributed by atoms with E-state index in [1.165, 1.54) is 0 Å². The standard InChI is InChI=1S/C16H25FN2/c1-12(2)16-11-18(9-10-19(16)13(3)4)15-7-5-14(17)6-8-15/h5-8,12-13,16H,9-11H2,1-4H3. The highest BCUT2D eigenvalue weighted by Crippen LogP contribution is 2.24. The Bertz CT molecular complexity index is 400. The second kappa shape index (κ2) is 5.91. The molecule has 3 heteroatoms. The molecule has 1 unspecified atom stereocenters. The zero-order valence-electron chi connectivity index (χ0n) is 12.4. The van der Waals surface area contributed by atoms with Crippen molar-refractivity contribution < 1.29 is 4.39 Å². The summed E-state index contributed by atoms with van der Waals surface area (Å²) in [6.07, 6.45) is 0. The largest absolute Gasteiger partial charge is 0.369 e. The van der Waals surface area contributed by atoms with Crippen LogP contribution < -0.4 is 4.90 Å². The lowest BCUT2D eigenvalue weighted by Crippen LogP contribution is -2.57. The maximum atomic E-state index is 13.0. The minimum atomic E-state index is -0.162. The molecular weight excluding hydrogens is 239 g/mol. The van der Waals surface area contributed by atoms with Crippen LogP contribution in [0.25, 0.3) is 0 Å². The number of rotatable bonds is 3. The van der Waals surface area contributed by atoms with E-state index in [-0.39, 0.29) is 5.82 Å². The van der Waals surface area contributed by atoms with Crippen molar-refractivity contribution in [3.63, 3.8) is 0 Å². The van der Waals surface area contributed by atoms with E-state index in [4.69, 9.17) is 0 Å². The van der Waals surface area contributed by atoms with Crippen LogP contribution in [0.2, 0.25) is 0 Å². The Labute approximate surface area is 116 Å². The molecule has 1 saturated heterocycles. The smallest absolute Gasteiger partial charge is 0.123 e. The quantitative estimate of drug-likeness (QED) is 0.826. The van der Waals surface area contributed by atoms with Crippen LogP contribution in [0.1, 0.15) is 27.7 Å². The molecule has 0 aliphatic carbocycles. The monoisotopic (exact) mass is 264 g/mol. The van der Waals surface area contributed by atoms with Crippen LogP contribution in [-0.4, -0.2) is 36.6 Å². The number of anilines is 1. The molecule has 0 spiro atoms. The molecule has 0 N–H and O–H groups in total. The average molecular weight is 264 g/mol. The van der Waals surface area contributed by atoms with E-state index in [2.05, 4.69) is 37.5 Å². The van der Waals surface area contributed by atoms with Gasteiger partial charge in [-0.3, -0.25) is 4.90 Å². The van der Waals surface area contributed by atoms with Gasteiger partial charge in [0.15, 0.2) is 0 Å². The van der Waals surface area contributed by atoms with Gasteiger partial charge in [0.25, 0.3) is 0 Å². The van der Waals surface area contributed by atoms with E-state index in [0.29, 0.717) is 18.0 Å². The fraction of sp³-hybridized carbons (Fsp3) is 0.625. The van der Waals surface area contributed by atoms with Crippen molar-refractivity contribution >= 4 is 5.69 Å². The lowest BCUT2D eigenvalue weighted by atomic mass is 9.97. The molecule has 2 nitrogen and oxygen atoms in total. The van der Waals surface area contributed by atoms with Crippen molar-refractivity contribution in [2.45, 2.75) is 39.8 Å². The Hall–Kier alpha value is -1.09. The average Bonchev–Trinajstić information content (AvgIpc) is 2.38. The second-order valence-electron chi connectivity index (χ2n) is 6.07. The fourth-order valence-corrected chi connectivity index (χ4v) is 2.95. The molecule has 1 aliphatic rings. The SMILES string of the molecule is CC(C)C1CN(c2ccc(F)cc2)CCN1C(C)C. The van der Waals surface area contributed by atoms with Crippen LogP contribution in [0.15, 0.2) is 24.3 Å². The molecule has 1 aromatic carbocycles. The molecule has 1 heterocycles. The van der Waals surface area contributed by atoms with Gasteiger partial charge in [-0.2, -0.15) is 0 Å². The molecule has 0 bridgehead atoms. The van der Waals surface area contributed by atoms with Crippen molar-refractivity contribution in [1.29, 1.82) is 0 Å². The second-order valence-corrected chi connectivity index (χ2v) is 6.07. The third-order valence-electron chi connectivity index (χ3n) is 4.09. The Balaban J connectivity index is 2.12. The number of hydrogen-bond acceptors (Lipinski definition) is 2. The molecule has 1 fully saturated rings. The summed E-state index contributed by atoms with van der Waals surface area (Å²) in [5.41, 5.74) is 1.13. The van der Waals surface area contributed by atoms with Gasteiger partial charge >= 0.3 is 0 Å². The summed E-state index contributed by atoms with van der Waals surface area (Å²) in [7, 11) is 0. The first-order valence-electron chi connectivity index (χ1n) is 7.25. The molecule has 1 atom stereocenters. The van der Waals surface area contributed by atoms with Gasteiger partial charge in [0, 0.05) is 37.4 Å². The predicted molar refractivity (Wildman–Crippen MR) is 79.1 cm³/mol. The third kappa shape index (κ3) is 3.27. The molecule has 0 amide bonds. The van der Waals surface area contributed by atoms with Gasteiger partial charge in [0.1, 0.15) is 5.82 Å². The highest BCUT2D eigenvalue weighted by Gasteiger charge is 2.30. The zero-order chi connectivity index (χ0) is 14.0. The minimum Gasteiger partial charge on any atom is -0.369 e. The van der Waals surface area contributed by atoms with Gasteiger partial charge < -0.3 is 4.90 Å². The Morgan fingerprint density at radius 3 is 2.21 bits per heavy atom. The van der Waals surface area contributed by atoms with E-state index in [9.17, 15) is 4.39 Å². The molecule has 0 saturated carbocycles. The van der Waals surface area contributed by atoms with E-state index in [1.807, 2.05) is 12.1 Å². The molecule has 1 aromatic rings.